The quantitative estimate of drug-likeness (QED) is 0.335. The largest absolute Gasteiger partial charge is 0.453 e. The van der Waals surface area contributed by atoms with Gasteiger partial charge >= 0.3 is 6.09 Å². The van der Waals surface area contributed by atoms with Gasteiger partial charge in [0.2, 0.25) is 5.91 Å². The topological polar surface area (TPSA) is 93.4 Å². The van der Waals surface area contributed by atoms with Gasteiger partial charge in [0.15, 0.2) is 0 Å². The Bertz CT molecular complexity index is 228. The fourth-order valence-electron chi connectivity index (χ4n) is 0.799. The Morgan fingerprint density at radius 3 is 2.29 bits per heavy atom. The summed E-state index contributed by atoms with van der Waals surface area (Å²) in [5.41, 5.74) is 1.26. The van der Waals surface area contributed by atoms with Crippen molar-refractivity contribution in [3.8, 4) is 0 Å². The highest BCUT2D eigenvalue weighted by Gasteiger charge is 2.34. The number of amides is 2. The summed E-state index contributed by atoms with van der Waals surface area (Å²) in [4.78, 5) is 22.2. The number of carbonyl (C=O) groups excluding carboxylic acids is 2. The summed E-state index contributed by atoms with van der Waals surface area (Å²) >= 11 is 0. The van der Waals surface area contributed by atoms with Gasteiger partial charge in [0.1, 0.15) is 0 Å². The molecule has 0 heterocycles. The summed E-state index contributed by atoms with van der Waals surface area (Å²) in [7, 11) is 1.26. The van der Waals surface area contributed by atoms with E-state index in [0.717, 1.165) is 0 Å². The monoisotopic (exact) mass is 203 g/mol. The van der Waals surface area contributed by atoms with Crippen molar-refractivity contribution in [2.75, 3.05) is 7.11 Å². The third-order valence-electron chi connectivity index (χ3n) is 2.32. The van der Waals surface area contributed by atoms with Gasteiger partial charge in [-0.15, -0.1) is 0 Å². The van der Waals surface area contributed by atoms with Crippen molar-refractivity contribution < 1.29 is 14.3 Å². The first-order valence-electron chi connectivity index (χ1n) is 4.21. The summed E-state index contributed by atoms with van der Waals surface area (Å²) in [5, 5.41) is 2.51. The number of alkyl carbamates (subject to hydrolysis) is 1. The van der Waals surface area contributed by atoms with E-state index in [9.17, 15) is 9.59 Å². The number of nitrogens with two attached hydrogens (primary N) is 1. The lowest BCUT2D eigenvalue weighted by atomic mass is 9.84. The molecule has 0 bridgehead atoms. The maximum atomic E-state index is 11.3. The summed E-state index contributed by atoms with van der Waals surface area (Å²) in [6, 6.07) is -0.376. The maximum absolute atomic E-state index is 11.3. The molecule has 1 unspecified atom stereocenters. The lowest BCUT2D eigenvalue weighted by Gasteiger charge is -2.29. The maximum Gasteiger partial charge on any atom is 0.407 e. The molecule has 4 N–H and O–H groups in total. The highest BCUT2D eigenvalue weighted by molar-refractivity contribution is 5.82. The first-order chi connectivity index (χ1) is 6.36. The Morgan fingerprint density at radius 1 is 1.43 bits per heavy atom. The fraction of sp³-hybridized carbons (Fsp3) is 0.750. The normalized spacial score (nSPS) is 12.9. The Hall–Kier alpha value is -1.30. The van der Waals surface area contributed by atoms with Gasteiger partial charge in [-0.2, -0.15) is 0 Å². The van der Waals surface area contributed by atoms with Crippen LogP contribution < -0.4 is 16.6 Å². The summed E-state index contributed by atoms with van der Waals surface area (Å²) in [6.45, 7) is 5.05. The molecule has 14 heavy (non-hydrogen) atoms. The van der Waals surface area contributed by atoms with Crippen LogP contribution in [0.4, 0.5) is 4.79 Å². The molecular weight excluding hydrogens is 186 g/mol. The molecule has 0 aliphatic rings. The van der Waals surface area contributed by atoms with Gasteiger partial charge in [-0.1, -0.05) is 0 Å². The lowest BCUT2D eigenvalue weighted by Crippen LogP contribution is -2.52. The molecule has 0 rings (SSSR count). The zero-order chi connectivity index (χ0) is 11.4. The third-order valence-corrected chi connectivity index (χ3v) is 2.32. The van der Waals surface area contributed by atoms with Crippen LogP contribution in [0.15, 0.2) is 0 Å². The molecule has 0 aliphatic heterocycles. The second-order valence-electron chi connectivity index (χ2n) is 3.55. The van der Waals surface area contributed by atoms with Crippen molar-refractivity contribution >= 4 is 12.0 Å². The van der Waals surface area contributed by atoms with E-state index >= 15 is 0 Å². The predicted octanol–water partition coefficient (Wildman–Crippen LogP) is -0.253. The predicted molar refractivity (Wildman–Crippen MR) is 51.1 cm³/mol. The van der Waals surface area contributed by atoms with E-state index in [0.29, 0.717) is 0 Å². The van der Waals surface area contributed by atoms with Crippen molar-refractivity contribution in [2.45, 2.75) is 26.8 Å². The first kappa shape index (κ1) is 12.7. The van der Waals surface area contributed by atoms with Crippen LogP contribution in [0, 0.1) is 5.41 Å². The SMILES string of the molecule is COC(=O)NC(C)C(C)(C)C(=O)NN. The average molecular weight is 203 g/mol. The van der Waals surface area contributed by atoms with Gasteiger partial charge in [0.05, 0.1) is 12.5 Å². The number of hydrazine groups is 1. The van der Waals surface area contributed by atoms with E-state index in [1.807, 2.05) is 5.43 Å². The molecule has 0 saturated carbocycles. The van der Waals surface area contributed by atoms with Crippen LogP contribution in [0.25, 0.3) is 0 Å². The number of nitrogens with one attached hydrogen (secondary N) is 2. The second kappa shape index (κ2) is 4.80. The van der Waals surface area contributed by atoms with Crippen molar-refractivity contribution in [1.29, 1.82) is 0 Å². The van der Waals surface area contributed by atoms with Crippen LogP contribution in [-0.2, 0) is 9.53 Å². The van der Waals surface area contributed by atoms with Gasteiger partial charge in [0.25, 0.3) is 0 Å². The number of methoxy groups -OCH3 is 1. The van der Waals surface area contributed by atoms with Crippen LogP contribution in [0.3, 0.4) is 0 Å². The standard InChI is InChI=1S/C8H17N3O3/c1-5(10-7(13)14-4)8(2,3)6(12)11-9/h5H,9H2,1-4H3,(H,10,13)(H,11,12). The average Bonchev–Trinajstić information content (AvgIpc) is 2.15. The van der Waals surface area contributed by atoms with Gasteiger partial charge in [0, 0.05) is 6.04 Å². The molecule has 1 atom stereocenters. The summed E-state index contributed by atoms with van der Waals surface area (Å²) in [6.07, 6.45) is -0.574. The molecule has 82 valence electrons. The molecule has 0 aliphatic carbocycles. The Morgan fingerprint density at radius 2 is 1.93 bits per heavy atom. The van der Waals surface area contributed by atoms with Crippen molar-refractivity contribution in [2.24, 2.45) is 11.3 Å². The van der Waals surface area contributed by atoms with Gasteiger partial charge < -0.3 is 10.1 Å². The Labute approximate surface area is 83.1 Å². The Balaban J connectivity index is 4.42. The second-order valence-corrected chi connectivity index (χ2v) is 3.55. The van der Waals surface area contributed by atoms with Crippen LogP contribution in [-0.4, -0.2) is 25.2 Å². The van der Waals surface area contributed by atoms with Crippen molar-refractivity contribution in [1.82, 2.24) is 10.7 Å². The number of ether oxygens (including phenoxy) is 1. The zero-order valence-electron chi connectivity index (χ0n) is 8.88. The highest BCUT2D eigenvalue weighted by atomic mass is 16.5. The molecule has 2 amide bonds. The molecule has 0 fully saturated rings. The number of hydrogen-bond donors (Lipinski definition) is 3. The van der Waals surface area contributed by atoms with Crippen LogP contribution >= 0.6 is 0 Å². The fourth-order valence-corrected chi connectivity index (χ4v) is 0.799. The van der Waals surface area contributed by atoms with Gasteiger partial charge in [-0.25, -0.2) is 10.6 Å². The highest BCUT2D eigenvalue weighted by Crippen LogP contribution is 2.20. The van der Waals surface area contributed by atoms with Crippen molar-refractivity contribution in [3.05, 3.63) is 0 Å². The summed E-state index contributed by atoms with van der Waals surface area (Å²) in [5.74, 6) is 4.67. The minimum Gasteiger partial charge on any atom is -0.453 e. The van der Waals surface area contributed by atoms with Crippen LogP contribution in [0.2, 0.25) is 0 Å². The molecule has 6 heteroatoms. The van der Waals surface area contributed by atoms with Crippen molar-refractivity contribution in [3.63, 3.8) is 0 Å². The number of hydrogen-bond acceptors (Lipinski definition) is 4. The lowest BCUT2D eigenvalue weighted by molar-refractivity contribution is -0.130. The van der Waals surface area contributed by atoms with E-state index in [1.165, 1.54) is 7.11 Å². The molecule has 0 aromatic carbocycles. The van der Waals surface area contributed by atoms with E-state index in [2.05, 4.69) is 10.1 Å². The molecule has 0 radical (unpaired) electrons. The number of carbonyl (C=O) groups is 2. The molecular formula is C8H17N3O3. The molecule has 0 aromatic heterocycles. The van der Waals surface area contributed by atoms with Gasteiger partial charge in [-0.05, 0) is 20.8 Å². The first-order valence-corrected chi connectivity index (χ1v) is 4.21. The molecule has 0 aromatic rings. The number of rotatable bonds is 3. The van der Waals surface area contributed by atoms with Crippen LogP contribution in [0.5, 0.6) is 0 Å². The third kappa shape index (κ3) is 2.88. The van der Waals surface area contributed by atoms with Crippen LogP contribution in [0.1, 0.15) is 20.8 Å². The smallest absolute Gasteiger partial charge is 0.407 e. The Kier molecular flexibility index (Phi) is 4.36. The minimum atomic E-state index is -0.789. The van der Waals surface area contributed by atoms with E-state index in [1.54, 1.807) is 20.8 Å². The van der Waals surface area contributed by atoms with E-state index < -0.39 is 11.5 Å². The summed E-state index contributed by atoms with van der Waals surface area (Å²) < 4.78 is 4.42. The molecule has 0 spiro atoms. The van der Waals surface area contributed by atoms with E-state index in [4.69, 9.17) is 5.84 Å². The zero-order valence-corrected chi connectivity index (χ0v) is 8.88. The minimum absolute atomic E-state index is 0.346. The van der Waals surface area contributed by atoms with Gasteiger partial charge in [-0.3, -0.25) is 10.2 Å². The molecule has 0 saturated heterocycles. The molecule has 6 nitrogen and oxygen atoms in total. The van der Waals surface area contributed by atoms with E-state index in [-0.39, 0.29) is 11.9 Å².